The zero-order valence-corrected chi connectivity index (χ0v) is 14.0. The van der Waals surface area contributed by atoms with Gasteiger partial charge in [-0.05, 0) is 44.7 Å². The molecule has 3 nitrogen and oxygen atoms in total. The monoisotopic (exact) mass is 337 g/mol. The summed E-state index contributed by atoms with van der Waals surface area (Å²) in [6.07, 6.45) is 1.94. The van der Waals surface area contributed by atoms with E-state index in [1.807, 2.05) is 13.8 Å². The van der Waals surface area contributed by atoms with Crippen LogP contribution in [0.2, 0.25) is 0 Å². The number of nitrogens with zero attached hydrogens (tertiary/aromatic N) is 2. The third kappa shape index (κ3) is 3.48. The van der Waals surface area contributed by atoms with Crippen LogP contribution in [0.5, 0.6) is 0 Å². The van der Waals surface area contributed by atoms with Gasteiger partial charge >= 0.3 is 0 Å². The normalized spacial score (nSPS) is 20.7. The SMILES string of the molecule is CCc1c(CN[C@H]2CC[C@@H](F)C2)nc(C)n1-c1cc(F)cc(F)c1. The predicted molar refractivity (Wildman–Crippen MR) is 87.0 cm³/mol. The second-order valence-corrected chi connectivity index (χ2v) is 6.36. The van der Waals surface area contributed by atoms with Crippen molar-refractivity contribution < 1.29 is 13.2 Å². The number of aromatic nitrogens is 2. The van der Waals surface area contributed by atoms with E-state index in [-0.39, 0.29) is 6.04 Å². The number of nitrogens with one attached hydrogen (secondary N) is 1. The van der Waals surface area contributed by atoms with Crippen molar-refractivity contribution in [2.24, 2.45) is 0 Å². The predicted octanol–water partition coefficient (Wildman–Crippen LogP) is 4.00. The van der Waals surface area contributed by atoms with Gasteiger partial charge < -0.3 is 9.88 Å². The largest absolute Gasteiger partial charge is 0.308 e. The first kappa shape index (κ1) is 17.0. The maximum Gasteiger partial charge on any atom is 0.128 e. The smallest absolute Gasteiger partial charge is 0.128 e. The van der Waals surface area contributed by atoms with E-state index in [1.165, 1.54) is 12.1 Å². The molecule has 130 valence electrons. The Morgan fingerprint density at radius 2 is 1.92 bits per heavy atom. The molecule has 0 aliphatic heterocycles. The minimum Gasteiger partial charge on any atom is -0.308 e. The first-order valence-electron chi connectivity index (χ1n) is 8.39. The highest BCUT2D eigenvalue weighted by atomic mass is 19.1. The van der Waals surface area contributed by atoms with Crippen LogP contribution in [0, 0.1) is 18.6 Å². The fraction of sp³-hybridized carbons (Fsp3) is 0.500. The van der Waals surface area contributed by atoms with Crippen molar-refractivity contribution >= 4 is 0 Å². The maximum atomic E-state index is 13.6. The average molecular weight is 337 g/mol. The molecule has 0 unspecified atom stereocenters. The second kappa shape index (κ2) is 6.97. The molecule has 2 aromatic rings. The van der Waals surface area contributed by atoms with Crippen molar-refractivity contribution in [2.75, 3.05) is 0 Å². The Morgan fingerprint density at radius 3 is 2.50 bits per heavy atom. The Balaban J connectivity index is 1.86. The van der Waals surface area contributed by atoms with Gasteiger partial charge in [0.2, 0.25) is 0 Å². The number of imidazole rings is 1. The van der Waals surface area contributed by atoms with Crippen LogP contribution in [0.15, 0.2) is 18.2 Å². The van der Waals surface area contributed by atoms with Gasteiger partial charge in [-0.25, -0.2) is 18.2 Å². The molecule has 0 spiro atoms. The summed E-state index contributed by atoms with van der Waals surface area (Å²) < 4.78 is 42.2. The van der Waals surface area contributed by atoms with Gasteiger partial charge in [-0.15, -0.1) is 0 Å². The molecular weight excluding hydrogens is 315 g/mol. The first-order chi connectivity index (χ1) is 11.5. The van der Waals surface area contributed by atoms with Crippen LogP contribution in [-0.4, -0.2) is 21.8 Å². The molecule has 0 radical (unpaired) electrons. The summed E-state index contributed by atoms with van der Waals surface area (Å²) in [5.74, 6) is -0.539. The van der Waals surface area contributed by atoms with E-state index in [1.54, 1.807) is 4.57 Å². The summed E-state index contributed by atoms with van der Waals surface area (Å²) in [5.41, 5.74) is 2.20. The first-order valence-corrected chi connectivity index (χ1v) is 8.39. The van der Waals surface area contributed by atoms with Crippen LogP contribution in [-0.2, 0) is 13.0 Å². The minimum absolute atomic E-state index is 0.168. The summed E-state index contributed by atoms with van der Waals surface area (Å²) in [4.78, 5) is 4.56. The highest BCUT2D eigenvalue weighted by molar-refractivity contribution is 5.38. The van der Waals surface area contributed by atoms with Crippen molar-refractivity contribution in [3.63, 3.8) is 0 Å². The van der Waals surface area contributed by atoms with Crippen LogP contribution >= 0.6 is 0 Å². The number of alkyl halides is 1. The summed E-state index contributed by atoms with van der Waals surface area (Å²) in [7, 11) is 0. The molecule has 0 saturated heterocycles. The fourth-order valence-corrected chi connectivity index (χ4v) is 3.50. The van der Waals surface area contributed by atoms with E-state index >= 15 is 0 Å². The van der Waals surface area contributed by atoms with Crippen molar-refractivity contribution in [3.8, 4) is 5.69 Å². The number of hydrogen-bond acceptors (Lipinski definition) is 2. The molecule has 24 heavy (non-hydrogen) atoms. The quantitative estimate of drug-likeness (QED) is 0.894. The van der Waals surface area contributed by atoms with E-state index in [9.17, 15) is 13.2 Å². The third-order valence-corrected chi connectivity index (χ3v) is 4.59. The van der Waals surface area contributed by atoms with Crippen molar-refractivity contribution in [3.05, 3.63) is 47.0 Å². The van der Waals surface area contributed by atoms with Gasteiger partial charge in [0.25, 0.3) is 0 Å². The zero-order valence-electron chi connectivity index (χ0n) is 14.0. The Hall–Kier alpha value is -1.82. The van der Waals surface area contributed by atoms with Crippen molar-refractivity contribution in [1.29, 1.82) is 0 Å². The third-order valence-electron chi connectivity index (χ3n) is 4.59. The van der Waals surface area contributed by atoms with Gasteiger partial charge in [-0.2, -0.15) is 0 Å². The van der Waals surface area contributed by atoms with Gasteiger partial charge in [-0.1, -0.05) is 6.92 Å². The van der Waals surface area contributed by atoms with Crippen LogP contribution in [0.25, 0.3) is 5.69 Å². The molecule has 1 aromatic heterocycles. The molecule has 1 fully saturated rings. The van der Waals surface area contributed by atoms with Crippen LogP contribution in [0.4, 0.5) is 13.2 Å². The van der Waals surface area contributed by atoms with Gasteiger partial charge in [0, 0.05) is 24.3 Å². The number of halogens is 3. The van der Waals surface area contributed by atoms with Crippen molar-refractivity contribution in [2.45, 2.75) is 58.3 Å². The molecule has 1 saturated carbocycles. The van der Waals surface area contributed by atoms with Gasteiger partial charge in [0.1, 0.15) is 23.6 Å². The summed E-state index contributed by atoms with van der Waals surface area (Å²) in [5, 5.41) is 3.35. The van der Waals surface area contributed by atoms with Gasteiger partial charge in [0.05, 0.1) is 11.4 Å². The molecule has 6 heteroatoms. The topological polar surface area (TPSA) is 29.9 Å². The second-order valence-electron chi connectivity index (χ2n) is 6.36. The number of benzene rings is 1. The molecule has 1 N–H and O–H groups in total. The highest BCUT2D eigenvalue weighted by Gasteiger charge is 2.24. The molecule has 0 bridgehead atoms. The van der Waals surface area contributed by atoms with Crippen LogP contribution < -0.4 is 5.32 Å². The standard InChI is InChI=1S/C18H22F3N3/c1-3-18-17(10-22-15-5-4-12(19)7-15)23-11(2)24(18)16-8-13(20)6-14(21)9-16/h6,8-9,12,15,22H,3-5,7,10H2,1-2H3/t12-,15+/m1/s1. The molecule has 1 heterocycles. The molecule has 0 amide bonds. The maximum absolute atomic E-state index is 13.6. The highest BCUT2D eigenvalue weighted by Crippen LogP contribution is 2.24. The van der Waals surface area contributed by atoms with E-state index in [0.29, 0.717) is 37.3 Å². The van der Waals surface area contributed by atoms with E-state index < -0.39 is 17.8 Å². The Kier molecular flexibility index (Phi) is 4.94. The lowest BCUT2D eigenvalue weighted by Gasteiger charge is -2.13. The van der Waals surface area contributed by atoms with E-state index in [0.717, 1.165) is 23.9 Å². The Morgan fingerprint density at radius 1 is 1.21 bits per heavy atom. The average Bonchev–Trinajstić information content (AvgIpc) is 3.06. The summed E-state index contributed by atoms with van der Waals surface area (Å²) >= 11 is 0. The van der Waals surface area contributed by atoms with Gasteiger partial charge in [0.15, 0.2) is 0 Å². The van der Waals surface area contributed by atoms with Crippen LogP contribution in [0.3, 0.4) is 0 Å². The molecule has 1 aliphatic rings. The van der Waals surface area contributed by atoms with Crippen LogP contribution in [0.1, 0.15) is 43.4 Å². The molecule has 2 atom stereocenters. The molecule has 3 rings (SSSR count). The lowest BCUT2D eigenvalue weighted by atomic mass is 10.2. The van der Waals surface area contributed by atoms with E-state index in [2.05, 4.69) is 10.3 Å². The lowest BCUT2D eigenvalue weighted by molar-refractivity contribution is 0.333. The van der Waals surface area contributed by atoms with Crippen molar-refractivity contribution in [1.82, 2.24) is 14.9 Å². The fourth-order valence-electron chi connectivity index (χ4n) is 3.50. The Labute approximate surface area is 139 Å². The summed E-state index contributed by atoms with van der Waals surface area (Å²) in [6, 6.07) is 3.64. The minimum atomic E-state index is -0.720. The zero-order chi connectivity index (χ0) is 17.3. The molecular formula is C18H22F3N3. The molecule has 1 aromatic carbocycles. The number of rotatable bonds is 5. The Bertz CT molecular complexity index is 706. The molecule has 1 aliphatic carbocycles. The number of aryl methyl sites for hydroxylation is 1. The van der Waals surface area contributed by atoms with E-state index in [4.69, 9.17) is 0 Å². The number of hydrogen-bond donors (Lipinski definition) is 1. The lowest BCUT2D eigenvalue weighted by Crippen LogP contribution is -2.26. The van der Waals surface area contributed by atoms with Gasteiger partial charge in [-0.3, -0.25) is 0 Å². The summed E-state index contributed by atoms with van der Waals surface area (Å²) in [6.45, 7) is 4.34.